The Labute approximate surface area is 64.9 Å². The van der Waals surface area contributed by atoms with Crippen LogP contribution in [-0.2, 0) is 4.74 Å². The van der Waals surface area contributed by atoms with Gasteiger partial charge in [-0.3, -0.25) is 0 Å². The average molecular weight is 193 g/mol. The zero-order chi connectivity index (χ0) is 6.53. The Morgan fingerprint density at radius 3 is 2.67 bits per heavy atom. The van der Waals surface area contributed by atoms with Crippen molar-refractivity contribution in [2.75, 3.05) is 11.9 Å². The maximum Gasteiger partial charge on any atom is 0.0810 e. The molecule has 0 amide bonds. The SMILES string of the molecule is BrCCCCCC1CO1. The van der Waals surface area contributed by atoms with Crippen LogP contribution in [0.25, 0.3) is 0 Å². The molecule has 1 nitrogen and oxygen atoms in total. The van der Waals surface area contributed by atoms with Crippen molar-refractivity contribution in [2.24, 2.45) is 0 Å². The third kappa shape index (κ3) is 3.93. The quantitative estimate of drug-likeness (QED) is 0.371. The molecule has 0 radical (unpaired) electrons. The third-order valence-electron chi connectivity index (χ3n) is 1.56. The van der Waals surface area contributed by atoms with Crippen molar-refractivity contribution < 1.29 is 4.74 Å². The molecule has 1 unspecified atom stereocenters. The van der Waals surface area contributed by atoms with Gasteiger partial charge in [0.25, 0.3) is 0 Å². The molecule has 2 heteroatoms. The number of halogens is 1. The van der Waals surface area contributed by atoms with E-state index in [0.29, 0.717) is 6.10 Å². The number of rotatable bonds is 5. The van der Waals surface area contributed by atoms with Gasteiger partial charge in [-0.05, 0) is 12.8 Å². The minimum absolute atomic E-state index is 0.639. The smallest absolute Gasteiger partial charge is 0.0810 e. The van der Waals surface area contributed by atoms with E-state index in [2.05, 4.69) is 15.9 Å². The molecule has 1 aliphatic heterocycles. The largest absolute Gasteiger partial charge is 0.373 e. The molecule has 0 aliphatic carbocycles. The van der Waals surface area contributed by atoms with Crippen LogP contribution in [0.15, 0.2) is 0 Å². The van der Waals surface area contributed by atoms with Crippen LogP contribution >= 0.6 is 15.9 Å². The number of hydrogen-bond donors (Lipinski definition) is 0. The summed E-state index contributed by atoms with van der Waals surface area (Å²) in [5.74, 6) is 0. The topological polar surface area (TPSA) is 12.5 Å². The average Bonchev–Trinajstić information content (AvgIpc) is 2.63. The molecular weight excluding hydrogens is 180 g/mol. The standard InChI is InChI=1S/C7H13BrO/c8-5-3-1-2-4-7-6-9-7/h7H,1-6H2. The Morgan fingerprint density at radius 2 is 2.11 bits per heavy atom. The molecule has 1 rings (SSSR count). The van der Waals surface area contributed by atoms with E-state index in [4.69, 9.17) is 4.74 Å². The molecule has 0 aromatic rings. The van der Waals surface area contributed by atoms with Crippen LogP contribution in [0.1, 0.15) is 25.7 Å². The zero-order valence-electron chi connectivity index (χ0n) is 5.61. The number of unbranched alkanes of at least 4 members (excludes halogenated alkanes) is 2. The van der Waals surface area contributed by atoms with Gasteiger partial charge >= 0.3 is 0 Å². The summed E-state index contributed by atoms with van der Waals surface area (Å²) in [6.45, 7) is 1.02. The molecule has 9 heavy (non-hydrogen) atoms. The highest BCUT2D eigenvalue weighted by atomic mass is 79.9. The second kappa shape index (κ2) is 4.29. The van der Waals surface area contributed by atoms with E-state index < -0.39 is 0 Å². The van der Waals surface area contributed by atoms with E-state index in [1.54, 1.807) is 0 Å². The first-order chi connectivity index (χ1) is 4.43. The van der Waals surface area contributed by atoms with E-state index in [1.165, 1.54) is 25.7 Å². The maximum absolute atomic E-state index is 5.08. The predicted octanol–water partition coefficient (Wildman–Crippen LogP) is 2.34. The fourth-order valence-corrected chi connectivity index (χ4v) is 1.27. The Kier molecular flexibility index (Phi) is 3.59. The summed E-state index contributed by atoms with van der Waals surface area (Å²) >= 11 is 3.40. The summed E-state index contributed by atoms with van der Waals surface area (Å²) in [7, 11) is 0. The summed E-state index contributed by atoms with van der Waals surface area (Å²) in [4.78, 5) is 0. The van der Waals surface area contributed by atoms with Crippen molar-refractivity contribution in [3.8, 4) is 0 Å². The normalized spacial score (nSPS) is 24.3. The van der Waals surface area contributed by atoms with Crippen molar-refractivity contribution in [3.05, 3.63) is 0 Å². The third-order valence-corrected chi connectivity index (χ3v) is 2.12. The first kappa shape index (κ1) is 7.55. The summed E-state index contributed by atoms with van der Waals surface area (Å²) < 4.78 is 5.08. The summed E-state index contributed by atoms with van der Waals surface area (Å²) in [6.07, 6.45) is 5.93. The lowest BCUT2D eigenvalue weighted by Crippen LogP contribution is -1.85. The van der Waals surface area contributed by atoms with Crippen LogP contribution in [0.4, 0.5) is 0 Å². The molecule has 54 valence electrons. The van der Waals surface area contributed by atoms with Gasteiger partial charge in [0.2, 0.25) is 0 Å². The lowest BCUT2D eigenvalue weighted by molar-refractivity contribution is 0.389. The highest BCUT2D eigenvalue weighted by Gasteiger charge is 2.20. The highest BCUT2D eigenvalue weighted by Crippen LogP contribution is 2.17. The molecule has 1 saturated heterocycles. The zero-order valence-corrected chi connectivity index (χ0v) is 7.19. The molecule has 0 aromatic carbocycles. The van der Waals surface area contributed by atoms with E-state index >= 15 is 0 Å². The number of epoxide rings is 1. The first-order valence-electron chi connectivity index (χ1n) is 3.61. The van der Waals surface area contributed by atoms with Crippen LogP contribution in [0.3, 0.4) is 0 Å². The van der Waals surface area contributed by atoms with Crippen LogP contribution in [0, 0.1) is 0 Å². The Bertz CT molecular complexity index is 71.3. The van der Waals surface area contributed by atoms with Crippen molar-refractivity contribution >= 4 is 15.9 Å². The Morgan fingerprint density at radius 1 is 1.33 bits per heavy atom. The molecule has 0 spiro atoms. The van der Waals surface area contributed by atoms with Gasteiger partial charge in [0.05, 0.1) is 12.7 Å². The van der Waals surface area contributed by atoms with E-state index in [1.807, 2.05) is 0 Å². The number of ether oxygens (including phenoxy) is 1. The van der Waals surface area contributed by atoms with Crippen LogP contribution in [-0.4, -0.2) is 18.0 Å². The van der Waals surface area contributed by atoms with Gasteiger partial charge in [0.1, 0.15) is 0 Å². The molecular formula is C7H13BrO. The fourth-order valence-electron chi connectivity index (χ4n) is 0.878. The van der Waals surface area contributed by atoms with Crippen molar-refractivity contribution in [2.45, 2.75) is 31.8 Å². The lowest BCUT2D eigenvalue weighted by Gasteiger charge is -1.93. The second-order valence-corrected chi connectivity index (χ2v) is 3.29. The van der Waals surface area contributed by atoms with E-state index in [9.17, 15) is 0 Å². The molecule has 0 saturated carbocycles. The number of alkyl halides is 1. The van der Waals surface area contributed by atoms with E-state index in [0.717, 1.165) is 11.9 Å². The Balaban J connectivity index is 1.71. The molecule has 0 N–H and O–H groups in total. The predicted molar refractivity (Wildman–Crippen MR) is 42.0 cm³/mol. The number of hydrogen-bond acceptors (Lipinski definition) is 1. The van der Waals surface area contributed by atoms with Gasteiger partial charge in [-0.1, -0.05) is 28.8 Å². The summed E-state index contributed by atoms with van der Waals surface area (Å²) in [5.41, 5.74) is 0. The lowest BCUT2D eigenvalue weighted by atomic mass is 10.2. The first-order valence-corrected chi connectivity index (χ1v) is 4.73. The van der Waals surface area contributed by atoms with Gasteiger partial charge < -0.3 is 4.74 Å². The summed E-state index contributed by atoms with van der Waals surface area (Å²) in [6, 6.07) is 0. The van der Waals surface area contributed by atoms with Crippen LogP contribution < -0.4 is 0 Å². The maximum atomic E-state index is 5.08. The Hall–Kier alpha value is 0.440. The molecule has 1 fully saturated rings. The van der Waals surface area contributed by atoms with Crippen LogP contribution in [0.5, 0.6) is 0 Å². The molecule has 0 aromatic heterocycles. The minimum atomic E-state index is 0.639. The molecule has 1 heterocycles. The van der Waals surface area contributed by atoms with Crippen LogP contribution in [0.2, 0.25) is 0 Å². The van der Waals surface area contributed by atoms with Gasteiger partial charge in [0.15, 0.2) is 0 Å². The van der Waals surface area contributed by atoms with Crippen molar-refractivity contribution in [1.82, 2.24) is 0 Å². The molecule has 1 atom stereocenters. The van der Waals surface area contributed by atoms with Gasteiger partial charge in [-0.15, -0.1) is 0 Å². The summed E-state index contributed by atoms with van der Waals surface area (Å²) in [5, 5.41) is 1.15. The fraction of sp³-hybridized carbons (Fsp3) is 1.00. The second-order valence-electron chi connectivity index (χ2n) is 2.49. The molecule has 0 bridgehead atoms. The van der Waals surface area contributed by atoms with Gasteiger partial charge in [0, 0.05) is 5.33 Å². The monoisotopic (exact) mass is 192 g/mol. The van der Waals surface area contributed by atoms with Crippen molar-refractivity contribution in [3.63, 3.8) is 0 Å². The highest BCUT2D eigenvalue weighted by molar-refractivity contribution is 9.09. The van der Waals surface area contributed by atoms with Gasteiger partial charge in [-0.25, -0.2) is 0 Å². The van der Waals surface area contributed by atoms with Gasteiger partial charge in [-0.2, -0.15) is 0 Å². The molecule has 1 aliphatic rings. The van der Waals surface area contributed by atoms with Crippen molar-refractivity contribution in [1.29, 1.82) is 0 Å². The minimum Gasteiger partial charge on any atom is -0.373 e. The van der Waals surface area contributed by atoms with E-state index in [-0.39, 0.29) is 0 Å².